The van der Waals surface area contributed by atoms with Crippen LogP contribution in [-0.2, 0) is 6.42 Å². The van der Waals surface area contributed by atoms with Crippen LogP contribution >= 0.6 is 0 Å². The van der Waals surface area contributed by atoms with Gasteiger partial charge in [0.2, 0.25) is 0 Å². The zero-order valence-electron chi connectivity index (χ0n) is 11.6. The highest BCUT2D eigenvalue weighted by Gasteiger charge is 2.21. The molecule has 19 heavy (non-hydrogen) atoms. The molecule has 1 aromatic rings. The zero-order chi connectivity index (χ0) is 13.5. The van der Waals surface area contributed by atoms with Crippen molar-refractivity contribution in [2.45, 2.75) is 38.6 Å². The van der Waals surface area contributed by atoms with Crippen LogP contribution in [-0.4, -0.2) is 30.6 Å². The Balaban J connectivity index is 2.07. The van der Waals surface area contributed by atoms with Crippen LogP contribution in [0, 0.1) is 11.3 Å². The summed E-state index contributed by atoms with van der Waals surface area (Å²) >= 11 is 0. The molecule has 1 saturated heterocycles. The molecule has 0 saturated carbocycles. The van der Waals surface area contributed by atoms with Gasteiger partial charge in [0.05, 0.1) is 12.7 Å². The van der Waals surface area contributed by atoms with Gasteiger partial charge in [0.25, 0.3) is 0 Å². The first-order valence-corrected chi connectivity index (χ1v) is 7.19. The maximum Gasteiger partial charge on any atom is 0.122 e. The van der Waals surface area contributed by atoms with E-state index in [1.165, 1.54) is 19.3 Å². The third kappa shape index (κ3) is 3.71. The molecule has 0 aromatic heterocycles. The molecule has 0 radical (unpaired) electrons. The summed E-state index contributed by atoms with van der Waals surface area (Å²) < 4.78 is 5.64. The summed E-state index contributed by atoms with van der Waals surface area (Å²) in [5.74, 6) is 0.919. The van der Waals surface area contributed by atoms with Gasteiger partial charge < -0.3 is 4.74 Å². The third-order valence-electron chi connectivity index (χ3n) is 3.67. The van der Waals surface area contributed by atoms with Crippen LogP contribution in [0.4, 0.5) is 0 Å². The summed E-state index contributed by atoms with van der Waals surface area (Å²) in [5, 5.41) is 9.43. The Morgan fingerprint density at radius 2 is 2.00 bits per heavy atom. The highest BCUT2D eigenvalue weighted by atomic mass is 16.5. The summed E-state index contributed by atoms with van der Waals surface area (Å²) in [4.78, 5) is 2.31. The topological polar surface area (TPSA) is 36.3 Å². The standard InChI is InChI=1S/C16H22N2O/c1-2-19-16-9-5-4-8-14(16)12-15(13-17)18-10-6-3-7-11-18/h4-5,8-9,15H,2-3,6-7,10-12H2,1H3. The van der Waals surface area contributed by atoms with Gasteiger partial charge in [-0.15, -0.1) is 0 Å². The van der Waals surface area contributed by atoms with Gasteiger partial charge in [0.1, 0.15) is 11.8 Å². The minimum Gasteiger partial charge on any atom is -0.494 e. The van der Waals surface area contributed by atoms with Crippen LogP contribution in [0.5, 0.6) is 5.75 Å². The van der Waals surface area contributed by atoms with Gasteiger partial charge in [0.15, 0.2) is 0 Å². The lowest BCUT2D eigenvalue weighted by molar-refractivity contribution is 0.193. The van der Waals surface area contributed by atoms with E-state index in [9.17, 15) is 5.26 Å². The molecule has 0 amide bonds. The van der Waals surface area contributed by atoms with E-state index in [-0.39, 0.29) is 6.04 Å². The molecule has 1 heterocycles. The second kappa shape index (κ2) is 7.16. The highest BCUT2D eigenvalue weighted by molar-refractivity contribution is 5.34. The Morgan fingerprint density at radius 3 is 2.68 bits per heavy atom. The summed E-state index contributed by atoms with van der Waals surface area (Å²) in [7, 11) is 0. The second-order valence-corrected chi connectivity index (χ2v) is 4.99. The maximum absolute atomic E-state index is 9.43. The Labute approximate surface area is 115 Å². The van der Waals surface area contributed by atoms with Crippen LogP contribution in [0.15, 0.2) is 24.3 Å². The Bertz CT molecular complexity index is 433. The quantitative estimate of drug-likeness (QED) is 0.814. The van der Waals surface area contributed by atoms with Gasteiger partial charge in [0, 0.05) is 6.42 Å². The van der Waals surface area contributed by atoms with E-state index in [4.69, 9.17) is 4.74 Å². The number of nitriles is 1. The van der Waals surface area contributed by atoms with Crippen molar-refractivity contribution in [2.24, 2.45) is 0 Å². The average molecular weight is 258 g/mol. The van der Waals surface area contributed by atoms with Gasteiger partial charge in [-0.25, -0.2) is 0 Å². The van der Waals surface area contributed by atoms with Crippen LogP contribution in [0.3, 0.4) is 0 Å². The predicted molar refractivity (Wildman–Crippen MR) is 76.1 cm³/mol. The number of benzene rings is 1. The molecule has 1 aliphatic heterocycles. The number of hydrogen-bond donors (Lipinski definition) is 0. The van der Waals surface area contributed by atoms with E-state index in [2.05, 4.69) is 17.0 Å². The molecule has 1 aromatic carbocycles. The predicted octanol–water partition coefficient (Wildman–Crippen LogP) is 3.01. The van der Waals surface area contributed by atoms with Crippen molar-refractivity contribution >= 4 is 0 Å². The summed E-state index contributed by atoms with van der Waals surface area (Å²) in [6.07, 6.45) is 4.48. The molecule has 0 spiro atoms. The average Bonchev–Trinajstić information content (AvgIpc) is 2.47. The number of nitrogens with zero attached hydrogens (tertiary/aromatic N) is 2. The molecular weight excluding hydrogens is 236 g/mol. The molecular formula is C16H22N2O. The second-order valence-electron chi connectivity index (χ2n) is 4.99. The molecule has 2 rings (SSSR count). The van der Waals surface area contributed by atoms with Crippen molar-refractivity contribution in [3.8, 4) is 11.8 Å². The van der Waals surface area contributed by atoms with Crippen LogP contribution < -0.4 is 4.74 Å². The summed E-state index contributed by atoms with van der Waals surface area (Å²) in [6, 6.07) is 10.5. The summed E-state index contributed by atoms with van der Waals surface area (Å²) in [5.41, 5.74) is 1.14. The molecule has 1 fully saturated rings. The third-order valence-corrected chi connectivity index (χ3v) is 3.67. The molecule has 1 unspecified atom stereocenters. The van der Waals surface area contributed by atoms with Gasteiger partial charge in [-0.3, -0.25) is 4.90 Å². The van der Waals surface area contributed by atoms with E-state index in [1.807, 2.05) is 25.1 Å². The van der Waals surface area contributed by atoms with Crippen molar-refractivity contribution < 1.29 is 4.74 Å². The van der Waals surface area contributed by atoms with Gasteiger partial charge in [-0.05, 0) is 44.5 Å². The molecule has 102 valence electrons. The van der Waals surface area contributed by atoms with Crippen LogP contribution in [0.2, 0.25) is 0 Å². The number of piperidine rings is 1. The molecule has 0 bridgehead atoms. The number of likely N-dealkylation sites (tertiary alicyclic amines) is 1. The lowest BCUT2D eigenvalue weighted by Crippen LogP contribution is -2.39. The Hall–Kier alpha value is -1.53. The lowest BCUT2D eigenvalue weighted by Gasteiger charge is -2.30. The zero-order valence-corrected chi connectivity index (χ0v) is 11.6. The minimum atomic E-state index is -0.0260. The van der Waals surface area contributed by atoms with E-state index < -0.39 is 0 Å². The Kier molecular flexibility index (Phi) is 5.23. The fourth-order valence-corrected chi connectivity index (χ4v) is 2.66. The van der Waals surface area contributed by atoms with Crippen molar-refractivity contribution in [3.63, 3.8) is 0 Å². The van der Waals surface area contributed by atoms with Gasteiger partial charge in [-0.1, -0.05) is 24.6 Å². The summed E-state index contributed by atoms with van der Waals surface area (Å²) in [6.45, 7) is 4.76. The monoisotopic (exact) mass is 258 g/mol. The minimum absolute atomic E-state index is 0.0260. The first kappa shape index (κ1) is 13.9. The van der Waals surface area contributed by atoms with Crippen molar-refractivity contribution in [2.75, 3.05) is 19.7 Å². The number of rotatable bonds is 5. The molecule has 0 N–H and O–H groups in total. The number of para-hydroxylation sites is 1. The van der Waals surface area contributed by atoms with Crippen LogP contribution in [0.1, 0.15) is 31.7 Å². The van der Waals surface area contributed by atoms with Crippen molar-refractivity contribution in [1.82, 2.24) is 4.90 Å². The maximum atomic E-state index is 9.43. The lowest BCUT2D eigenvalue weighted by atomic mass is 10.0. The van der Waals surface area contributed by atoms with Crippen molar-refractivity contribution in [1.29, 1.82) is 5.26 Å². The molecule has 3 nitrogen and oxygen atoms in total. The first-order chi connectivity index (χ1) is 9.35. The smallest absolute Gasteiger partial charge is 0.122 e. The number of hydrogen-bond acceptors (Lipinski definition) is 3. The fourth-order valence-electron chi connectivity index (χ4n) is 2.66. The normalized spacial score (nSPS) is 17.7. The fraction of sp³-hybridized carbons (Fsp3) is 0.562. The first-order valence-electron chi connectivity index (χ1n) is 7.19. The van der Waals surface area contributed by atoms with Crippen molar-refractivity contribution in [3.05, 3.63) is 29.8 Å². The van der Waals surface area contributed by atoms with E-state index >= 15 is 0 Å². The molecule has 1 aliphatic rings. The molecule has 1 atom stereocenters. The Morgan fingerprint density at radius 1 is 1.26 bits per heavy atom. The largest absolute Gasteiger partial charge is 0.494 e. The number of ether oxygens (including phenoxy) is 1. The molecule has 3 heteroatoms. The van der Waals surface area contributed by atoms with Gasteiger partial charge >= 0.3 is 0 Å². The molecule has 0 aliphatic carbocycles. The SMILES string of the molecule is CCOc1ccccc1CC(C#N)N1CCCCC1. The van der Waals surface area contributed by atoms with E-state index in [1.54, 1.807) is 0 Å². The van der Waals surface area contributed by atoms with E-state index in [0.29, 0.717) is 6.61 Å². The highest BCUT2D eigenvalue weighted by Crippen LogP contribution is 2.22. The van der Waals surface area contributed by atoms with Crippen LogP contribution in [0.25, 0.3) is 0 Å². The van der Waals surface area contributed by atoms with Gasteiger partial charge in [-0.2, -0.15) is 5.26 Å². The van der Waals surface area contributed by atoms with E-state index in [0.717, 1.165) is 30.8 Å².